The fourth-order valence-electron chi connectivity index (χ4n) is 9.16. The van der Waals surface area contributed by atoms with E-state index in [2.05, 4.69) is 11.9 Å². The minimum atomic E-state index is -1.02. The normalized spacial score (nSPS) is 46.1. The van der Waals surface area contributed by atoms with Crippen molar-refractivity contribution < 1.29 is 24.9 Å². The number of fused-ring (bicyclic) bond motifs is 5. The lowest BCUT2D eigenvalue weighted by Gasteiger charge is -2.65. The first kappa shape index (κ1) is 24.3. The summed E-state index contributed by atoms with van der Waals surface area (Å²) in [5.41, 5.74) is -0.686. The van der Waals surface area contributed by atoms with Gasteiger partial charge in [-0.2, -0.15) is 0 Å². The molecule has 4 fully saturated rings. The fraction of sp³-hybridized carbons (Fsp3) is 0.690. The lowest BCUT2D eigenvalue weighted by molar-refractivity contribution is -0.237. The van der Waals surface area contributed by atoms with Crippen LogP contribution in [0.25, 0.3) is 0 Å². The van der Waals surface area contributed by atoms with E-state index >= 15 is 0 Å². The molecule has 36 heavy (non-hydrogen) atoms. The number of aromatic nitrogens is 1. The Morgan fingerprint density at radius 1 is 1.08 bits per heavy atom. The summed E-state index contributed by atoms with van der Waals surface area (Å²) in [5.74, 6) is 0.00532. The number of carbonyl (C=O) groups is 1. The van der Waals surface area contributed by atoms with Crippen LogP contribution in [-0.4, -0.2) is 56.4 Å². The molecule has 3 N–H and O–H groups in total. The van der Waals surface area contributed by atoms with Crippen molar-refractivity contribution >= 4 is 12.2 Å². The SMILES string of the molecule is C[C@]12CC[C@@H]3[C@@H](CC[C@@]4(O)C[C@@H](O)CC[C@]34C=NCc3ccncc3)[C@@]1(O)CC[C@@H]2C1=CC(=O)OC1. The third-order valence-electron chi connectivity index (χ3n) is 11.0. The molecule has 7 heteroatoms. The third-order valence-corrected chi connectivity index (χ3v) is 11.0. The van der Waals surface area contributed by atoms with Gasteiger partial charge in [-0.15, -0.1) is 0 Å². The van der Waals surface area contributed by atoms with Gasteiger partial charge in [-0.25, -0.2) is 4.79 Å². The minimum Gasteiger partial charge on any atom is -0.458 e. The molecule has 2 heterocycles. The van der Waals surface area contributed by atoms with E-state index < -0.39 is 22.7 Å². The highest BCUT2D eigenvalue weighted by Crippen LogP contribution is 2.70. The molecule has 7 nitrogen and oxygen atoms in total. The number of esters is 1. The van der Waals surface area contributed by atoms with E-state index in [-0.39, 0.29) is 29.1 Å². The predicted molar refractivity (Wildman–Crippen MR) is 134 cm³/mol. The summed E-state index contributed by atoms with van der Waals surface area (Å²) in [6.45, 7) is 3.07. The monoisotopic (exact) mass is 494 g/mol. The van der Waals surface area contributed by atoms with Gasteiger partial charge in [-0.05, 0) is 92.4 Å². The molecule has 0 amide bonds. The number of cyclic esters (lactones) is 1. The van der Waals surface area contributed by atoms with Gasteiger partial charge in [0.2, 0.25) is 0 Å². The predicted octanol–water partition coefficient (Wildman–Crippen LogP) is 3.37. The maximum atomic E-state index is 12.5. The van der Waals surface area contributed by atoms with Crippen molar-refractivity contribution in [3.63, 3.8) is 0 Å². The van der Waals surface area contributed by atoms with Crippen molar-refractivity contribution in [1.82, 2.24) is 4.98 Å². The zero-order valence-electron chi connectivity index (χ0n) is 21.1. The first-order valence-corrected chi connectivity index (χ1v) is 13.6. The van der Waals surface area contributed by atoms with E-state index in [1.54, 1.807) is 18.5 Å². The van der Waals surface area contributed by atoms with E-state index in [1.165, 1.54) is 0 Å². The first-order chi connectivity index (χ1) is 17.2. The second kappa shape index (κ2) is 8.47. The highest BCUT2D eigenvalue weighted by atomic mass is 16.5. The second-order valence-electron chi connectivity index (χ2n) is 12.3. The Hall–Kier alpha value is -2.09. The Bertz CT molecular complexity index is 1090. The van der Waals surface area contributed by atoms with Crippen LogP contribution >= 0.6 is 0 Å². The molecule has 0 bridgehead atoms. The van der Waals surface area contributed by atoms with Crippen molar-refractivity contribution in [1.29, 1.82) is 0 Å². The smallest absolute Gasteiger partial charge is 0.331 e. The van der Waals surface area contributed by atoms with Crippen LogP contribution in [0.5, 0.6) is 0 Å². The van der Waals surface area contributed by atoms with Gasteiger partial charge in [-0.3, -0.25) is 9.98 Å². The van der Waals surface area contributed by atoms with E-state index in [0.29, 0.717) is 45.3 Å². The van der Waals surface area contributed by atoms with Crippen LogP contribution in [0.2, 0.25) is 0 Å². The summed E-state index contributed by atoms with van der Waals surface area (Å²) in [7, 11) is 0. The van der Waals surface area contributed by atoms with Crippen LogP contribution in [-0.2, 0) is 16.1 Å². The fourth-order valence-corrected chi connectivity index (χ4v) is 9.16. The van der Waals surface area contributed by atoms with Gasteiger partial charge in [0.05, 0.1) is 23.9 Å². The lowest BCUT2D eigenvalue weighted by Crippen LogP contribution is -2.68. The number of ether oxygens (including phenoxy) is 1. The molecule has 0 saturated heterocycles. The highest BCUT2D eigenvalue weighted by molar-refractivity contribution is 5.85. The number of hydrogen-bond acceptors (Lipinski definition) is 7. The van der Waals surface area contributed by atoms with Gasteiger partial charge in [0.1, 0.15) is 6.61 Å². The zero-order chi connectivity index (χ0) is 25.2. The number of aliphatic imine (C=N–C) groups is 1. The van der Waals surface area contributed by atoms with Crippen molar-refractivity contribution in [2.75, 3.05) is 6.61 Å². The van der Waals surface area contributed by atoms with E-state index in [0.717, 1.165) is 36.8 Å². The summed E-state index contributed by atoms with van der Waals surface area (Å²) in [6.07, 6.45) is 12.9. The van der Waals surface area contributed by atoms with Gasteiger partial charge in [0.25, 0.3) is 0 Å². The van der Waals surface area contributed by atoms with Gasteiger partial charge >= 0.3 is 5.97 Å². The molecule has 1 aliphatic heterocycles. The summed E-state index contributed by atoms with van der Waals surface area (Å²) >= 11 is 0. The molecule has 0 unspecified atom stereocenters. The summed E-state index contributed by atoms with van der Waals surface area (Å²) in [6, 6.07) is 3.91. The Balaban J connectivity index is 1.35. The molecule has 0 spiro atoms. The minimum absolute atomic E-state index is 0.0442. The molecule has 1 aromatic rings. The molecule has 6 rings (SSSR count). The van der Waals surface area contributed by atoms with Crippen LogP contribution in [0.3, 0.4) is 0 Å². The number of nitrogens with zero attached hydrogens (tertiary/aromatic N) is 2. The summed E-state index contributed by atoms with van der Waals surface area (Å²) in [4.78, 5) is 20.8. The maximum absolute atomic E-state index is 12.5. The van der Waals surface area contributed by atoms with E-state index in [4.69, 9.17) is 9.73 Å². The van der Waals surface area contributed by atoms with Crippen LogP contribution in [0, 0.1) is 28.6 Å². The Kier molecular flexibility index (Phi) is 5.71. The van der Waals surface area contributed by atoms with Crippen molar-refractivity contribution in [3.8, 4) is 0 Å². The van der Waals surface area contributed by atoms with Gasteiger partial charge in [0, 0.05) is 41.9 Å². The van der Waals surface area contributed by atoms with Gasteiger partial charge < -0.3 is 20.1 Å². The zero-order valence-corrected chi connectivity index (χ0v) is 21.1. The van der Waals surface area contributed by atoms with E-state index in [1.807, 2.05) is 18.3 Å². The molecular weight excluding hydrogens is 456 g/mol. The molecule has 4 saturated carbocycles. The number of aliphatic hydroxyl groups is 3. The average Bonchev–Trinajstić information content (AvgIpc) is 3.40. The van der Waals surface area contributed by atoms with E-state index in [9.17, 15) is 20.1 Å². The standard InChI is InChI=1S/C29H38N2O5/c1-26-8-3-23-24(29(26,35)11-5-22(26)20-14-25(33)36-17-20)4-10-28(34)15-21(32)2-9-27(23,28)18-31-16-19-6-12-30-13-7-19/h6-7,12-14,18,21-24,32,34-35H,2-5,8-11,15-17H2,1H3/t21-,22+,23+,24+,26+,27-,28+,29-/m0/s1. The molecule has 0 radical (unpaired) electrons. The number of pyridine rings is 1. The van der Waals surface area contributed by atoms with Crippen molar-refractivity contribution in [2.24, 2.45) is 33.6 Å². The van der Waals surface area contributed by atoms with Crippen molar-refractivity contribution in [3.05, 3.63) is 41.7 Å². The molecule has 194 valence electrons. The average molecular weight is 495 g/mol. The topological polar surface area (TPSA) is 112 Å². The number of rotatable bonds is 4. The second-order valence-corrected chi connectivity index (χ2v) is 12.3. The van der Waals surface area contributed by atoms with Crippen LogP contribution < -0.4 is 0 Å². The third kappa shape index (κ3) is 3.38. The summed E-state index contributed by atoms with van der Waals surface area (Å²) in [5, 5.41) is 35.1. The number of hydrogen-bond donors (Lipinski definition) is 3. The summed E-state index contributed by atoms with van der Waals surface area (Å²) < 4.78 is 5.24. The quantitative estimate of drug-likeness (QED) is 0.437. The maximum Gasteiger partial charge on any atom is 0.331 e. The van der Waals surface area contributed by atoms with Crippen LogP contribution in [0.4, 0.5) is 0 Å². The molecule has 1 aromatic heterocycles. The van der Waals surface area contributed by atoms with Crippen LogP contribution in [0.1, 0.15) is 70.3 Å². The lowest BCUT2D eigenvalue weighted by atomic mass is 9.41. The molecular formula is C29H38N2O5. The van der Waals surface area contributed by atoms with Crippen LogP contribution in [0.15, 0.2) is 41.2 Å². The Morgan fingerprint density at radius 2 is 1.86 bits per heavy atom. The number of carbonyl (C=O) groups excluding carboxylic acids is 1. The number of aliphatic hydroxyl groups excluding tert-OH is 1. The highest BCUT2D eigenvalue weighted by Gasteiger charge is 2.71. The molecule has 4 aliphatic carbocycles. The largest absolute Gasteiger partial charge is 0.458 e. The Morgan fingerprint density at radius 3 is 2.61 bits per heavy atom. The molecule has 5 aliphatic rings. The van der Waals surface area contributed by atoms with Crippen molar-refractivity contribution in [2.45, 2.75) is 88.6 Å². The Labute approximate surface area is 212 Å². The van der Waals surface area contributed by atoms with Gasteiger partial charge in [-0.1, -0.05) is 6.92 Å². The molecule has 0 aromatic carbocycles. The first-order valence-electron chi connectivity index (χ1n) is 13.6. The van der Waals surface area contributed by atoms with Gasteiger partial charge in [0.15, 0.2) is 0 Å². The molecule has 8 atom stereocenters.